The number of benzene rings is 2. The summed E-state index contributed by atoms with van der Waals surface area (Å²) < 4.78 is 2.61. The van der Waals surface area contributed by atoms with Gasteiger partial charge in [0.15, 0.2) is 0 Å². The fourth-order valence-electron chi connectivity index (χ4n) is 2.55. The zero-order valence-corrected chi connectivity index (χ0v) is 16.1. The van der Waals surface area contributed by atoms with E-state index >= 15 is 0 Å². The second-order valence-corrected chi connectivity index (χ2v) is 6.83. The van der Waals surface area contributed by atoms with Crippen molar-refractivity contribution < 1.29 is 9.59 Å². The molecule has 27 heavy (non-hydrogen) atoms. The van der Waals surface area contributed by atoms with E-state index in [1.165, 1.54) is 0 Å². The number of aromatic nitrogens is 2. The maximum atomic E-state index is 12.0. The van der Waals surface area contributed by atoms with Gasteiger partial charge in [-0.2, -0.15) is 5.10 Å². The van der Waals surface area contributed by atoms with E-state index in [1.54, 1.807) is 29.1 Å². The molecular formula is C20H19BrN4O2. The van der Waals surface area contributed by atoms with E-state index in [0.717, 1.165) is 15.7 Å². The normalized spacial score (nSPS) is 10.4. The molecule has 3 aromatic rings. The van der Waals surface area contributed by atoms with Gasteiger partial charge in [0, 0.05) is 35.5 Å². The Balaban J connectivity index is 1.40. The minimum atomic E-state index is -0.167. The third-order valence-corrected chi connectivity index (χ3v) is 4.38. The van der Waals surface area contributed by atoms with Crippen LogP contribution >= 0.6 is 15.9 Å². The van der Waals surface area contributed by atoms with Crippen LogP contribution in [0.25, 0.3) is 5.69 Å². The lowest BCUT2D eigenvalue weighted by Gasteiger charge is -2.08. The molecule has 0 spiro atoms. The zero-order valence-electron chi connectivity index (χ0n) is 14.6. The molecule has 2 amide bonds. The number of nitrogens with one attached hydrogen (secondary N) is 2. The summed E-state index contributed by atoms with van der Waals surface area (Å²) in [6, 6.07) is 16.7. The van der Waals surface area contributed by atoms with Crippen LogP contribution in [0.2, 0.25) is 0 Å². The highest BCUT2D eigenvalue weighted by atomic mass is 79.9. The molecule has 1 heterocycles. The maximum Gasteiger partial charge on any atom is 0.251 e. The van der Waals surface area contributed by atoms with E-state index in [0.29, 0.717) is 25.1 Å². The van der Waals surface area contributed by atoms with Gasteiger partial charge in [-0.1, -0.05) is 34.1 Å². The first-order chi connectivity index (χ1) is 13.1. The highest BCUT2D eigenvalue weighted by Crippen LogP contribution is 2.11. The molecule has 0 aliphatic rings. The van der Waals surface area contributed by atoms with E-state index in [1.807, 2.05) is 42.6 Å². The van der Waals surface area contributed by atoms with Gasteiger partial charge in [-0.15, -0.1) is 0 Å². The first kappa shape index (κ1) is 18.8. The van der Waals surface area contributed by atoms with Crippen molar-refractivity contribution in [1.29, 1.82) is 0 Å². The summed E-state index contributed by atoms with van der Waals surface area (Å²) >= 11 is 3.34. The molecule has 2 aromatic carbocycles. The van der Waals surface area contributed by atoms with Gasteiger partial charge in [0.2, 0.25) is 5.91 Å². The van der Waals surface area contributed by atoms with Gasteiger partial charge < -0.3 is 10.6 Å². The van der Waals surface area contributed by atoms with Gasteiger partial charge in [-0.3, -0.25) is 9.59 Å². The quantitative estimate of drug-likeness (QED) is 0.570. The number of nitrogens with zero attached hydrogens (tertiary/aromatic N) is 2. The van der Waals surface area contributed by atoms with Gasteiger partial charge in [0.1, 0.15) is 0 Å². The minimum Gasteiger partial charge on any atom is -0.354 e. The average molecular weight is 427 g/mol. The van der Waals surface area contributed by atoms with Crippen molar-refractivity contribution in [2.45, 2.75) is 6.42 Å². The lowest BCUT2D eigenvalue weighted by molar-refractivity contribution is -0.120. The second-order valence-electron chi connectivity index (χ2n) is 5.91. The molecular weight excluding hydrogens is 408 g/mol. The van der Waals surface area contributed by atoms with E-state index in [2.05, 4.69) is 31.7 Å². The molecule has 0 aliphatic carbocycles. The largest absolute Gasteiger partial charge is 0.354 e. The van der Waals surface area contributed by atoms with Crippen LogP contribution in [0.3, 0.4) is 0 Å². The van der Waals surface area contributed by atoms with Gasteiger partial charge in [-0.25, -0.2) is 4.68 Å². The van der Waals surface area contributed by atoms with Crippen molar-refractivity contribution >= 4 is 27.7 Å². The van der Waals surface area contributed by atoms with E-state index < -0.39 is 0 Å². The Morgan fingerprint density at radius 3 is 2.48 bits per heavy atom. The van der Waals surface area contributed by atoms with Crippen molar-refractivity contribution in [3.8, 4) is 5.69 Å². The Morgan fingerprint density at radius 1 is 1.00 bits per heavy atom. The van der Waals surface area contributed by atoms with Crippen LogP contribution in [-0.4, -0.2) is 34.7 Å². The number of hydrogen-bond acceptors (Lipinski definition) is 3. The molecule has 0 saturated carbocycles. The van der Waals surface area contributed by atoms with Crippen molar-refractivity contribution in [3.05, 3.63) is 82.6 Å². The molecule has 3 rings (SSSR count). The molecule has 0 radical (unpaired) electrons. The molecule has 0 unspecified atom stereocenters. The van der Waals surface area contributed by atoms with Crippen LogP contribution in [0.4, 0.5) is 0 Å². The van der Waals surface area contributed by atoms with Gasteiger partial charge >= 0.3 is 0 Å². The molecule has 1 aromatic heterocycles. The van der Waals surface area contributed by atoms with Gasteiger partial charge in [-0.05, 0) is 42.0 Å². The molecule has 0 aliphatic heterocycles. The molecule has 138 valence electrons. The summed E-state index contributed by atoms with van der Waals surface area (Å²) in [5.74, 6) is -0.252. The summed E-state index contributed by atoms with van der Waals surface area (Å²) in [6.07, 6.45) is 3.87. The van der Waals surface area contributed by atoms with Crippen molar-refractivity contribution in [3.63, 3.8) is 0 Å². The Bertz CT molecular complexity index is 908. The molecule has 7 heteroatoms. The van der Waals surface area contributed by atoms with Crippen LogP contribution in [0.15, 0.2) is 71.5 Å². The summed E-state index contributed by atoms with van der Waals surface area (Å²) in [7, 11) is 0. The maximum absolute atomic E-state index is 12.0. The second kappa shape index (κ2) is 9.14. The van der Waals surface area contributed by atoms with Crippen molar-refractivity contribution in [1.82, 2.24) is 20.4 Å². The van der Waals surface area contributed by atoms with E-state index in [4.69, 9.17) is 0 Å². The summed E-state index contributed by atoms with van der Waals surface area (Å²) in [5, 5.41) is 9.76. The van der Waals surface area contributed by atoms with Crippen LogP contribution in [0.5, 0.6) is 0 Å². The van der Waals surface area contributed by atoms with Crippen LogP contribution < -0.4 is 10.6 Å². The average Bonchev–Trinajstić information content (AvgIpc) is 3.20. The smallest absolute Gasteiger partial charge is 0.251 e. The summed E-state index contributed by atoms with van der Waals surface area (Å²) in [6.45, 7) is 0.749. The highest BCUT2D eigenvalue weighted by molar-refractivity contribution is 9.10. The van der Waals surface area contributed by atoms with Crippen LogP contribution in [0, 0.1) is 0 Å². The third-order valence-electron chi connectivity index (χ3n) is 3.89. The Morgan fingerprint density at radius 2 is 1.78 bits per heavy atom. The number of hydrogen-bond donors (Lipinski definition) is 2. The lowest BCUT2D eigenvalue weighted by atomic mass is 10.1. The predicted octanol–water partition coefficient (Wildman–Crippen LogP) is 2.72. The van der Waals surface area contributed by atoms with E-state index in [9.17, 15) is 9.59 Å². The number of carbonyl (C=O) groups excluding carboxylic acids is 2. The first-order valence-electron chi connectivity index (χ1n) is 8.51. The molecule has 0 fully saturated rings. The van der Waals surface area contributed by atoms with Gasteiger partial charge in [0.25, 0.3) is 5.91 Å². The number of rotatable bonds is 7. The fourth-order valence-corrected chi connectivity index (χ4v) is 2.94. The van der Waals surface area contributed by atoms with Crippen LogP contribution in [-0.2, 0) is 11.2 Å². The highest BCUT2D eigenvalue weighted by Gasteiger charge is 2.06. The van der Waals surface area contributed by atoms with Crippen molar-refractivity contribution in [2.24, 2.45) is 0 Å². The Hall–Kier alpha value is -2.93. The first-order valence-corrected chi connectivity index (χ1v) is 9.30. The standard InChI is InChI=1S/C20H19BrN4O2/c21-17-4-1-3-16(14-17)20(27)23-11-10-22-19(26)13-15-5-7-18(8-6-15)25-12-2-9-24-25/h1-9,12,14H,10-11,13H2,(H,22,26)(H,23,27). The predicted molar refractivity (Wildman–Crippen MR) is 107 cm³/mol. The molecule has 0 atom stereocenters. The van der Waals surface area contributed by atoms with Gasteiger partial charge in [0.05, 0.1) is 12.1 Å². The summed E-state index contributed by atoms with van der Waals surface area (Å²) in [4.78, 5) is 24.0. The fraction of sp³-hybridized carbons (Fsp3) is 0.150. The zero-order chi connectivity index (χ0) is 19.1. The topological polar surface area (TPSA) is 76.0 Å². The lowest BCUT2D eigenvalue weighted by Crippen LogP contribution is -2.35. The van der Waals surface area contributed by atoms with E-state index in [-0.39, 0.29) is 11.8 Å². The number of amides is 2. The minimum absolute atomic E-state index is 0.0847. The third kappa shape index (κ3) is 5.52. The molecule has 0 saturated heterocycles. The van der Waals surface area contributed by atoms with Crippen molar-refractivity contribution in [2.75, 3.05) is 13.1 Å². The SMILES string of the molecule is O=C(Cc1ccc(-n2cccn2)cc1)NCCNC(=O)c1cccc(Br)c1. The Kier molecular flexibility index (Phi) is 6.38. The number of halogens is 1. The number of carbonyl (C=O) groups is 2. The molecule has 6 nitrogen and oxygen atoms in total. The summed E-state index contributed by atoms with van der Waals surface area (Å²) in [5.41, 5.74) is 2.44. The molecule has 2 N–H and O–H groups in total. The molecule has 0 bridgehead atoms. The Labute approximate surface area is 165 Å². The monoisotopic (exact) mass is 426 g/mol. The van der Waals surface area contributed by atoms with Crippen LogP contribution in [0.1, 0.15) is 15.9 Å².